The molecule has 9 heteroatoms. The Morgan fingerprint density at radius 2 is 2.10 bits per heavy atom. The molecule has 1 aliphatic rings. The number of aromatic nitrogens is 4. The lowest BCUT2D eigenvalue weighted by molar-refractivity contribution is -0.551. The van der Waals surface area contributed by atoms with Gasteiger partial charge < -0.3 is 9.52 Å². The van der Waals surface area contributed by atoms with Crippen LogP contribution in [0.3, 0.4) is 0 Å². The molecule has 0 amide bonds. The fraction of sp³-hybridized carbons (Fsp3) is 0.0952. The molecule has 0 radical (unpaired) electrons. The van der Waals surface area contributed by atoms with Crippen LogP contribution in [0.4, 0.5) is 5.82 Å². The minimum absolute atomic E-state index is 0.107. The summed E-state index contributed by atoms with van der Waals surface area (Å²) in [6.45, 7) is 0. The molecule has 2 N–H and O–H groups in total. The van der Waals surface area contributed by atoms with Crippen molar-refractivity contribution in [3.63, 3.8) is 0 Å². The quantitative estimate of drug-likeness (QED) is 0.488. The number of halogens is 1. The molecule has 1 atom stereocenters. The number of hydrogen-bond acceptors (Lipinski definition) is 7. The van der Waals surface area contributed by atoms with E-state index in [1.54, 1.807) is 42.8 Å². The summed E-state index contributed by atoms with van der Waals surface area (Å²) in [6, 6.07) is 11.4. The highest BCUT2D eigenvalue weighted by atomic mass is 35.5. The second-order valence-corrected chi connectivity index (χ2v) is 7.22. The average Bonchev–Trinajstić information content (AvgIpc) is 3.36. The van der Waals surface area contributed by atoms with E-state index in [2.05, 4.69) is 15.5 Å². The van der Waals surface area contributed by atoms with E-state index in [1.165, 1.54) is 10.8 Å². The maximum absolute atomic E-state index is 13.2. The van der Waals surface area contributed by atoms with Gasteiger partial charge in [0.1, 0.15) is 23.4 Å². The molecule has 8 nitrogen and oxygen atoms in total. The normalized spacial score (nSPS) is 15.1. The number of benzene rings is 1. The Kier molecular flexibility index (Phi) is 4.40. The van der Waals surface area contributed by atoms with E-state index < -0.39 is 6.04 Å². The molecular weight excluding hydrogens is 406 g/mol. The molecule has 0 saturated carbocycles. The Balaban J connectivity index is 1.65. The first-order chi connectivity index (χ1) is 14.6. The van der Waals surface area contributed by atoms with Gasteiger partial charge in [-0.2, -0.15) is 9.67 Å². The van der Waals surface area contributed by atoms with Crippen molar-refractivity contribution < 1.29 is 18.9 Å². The van der Waals surface area contributed by atoms with Crippen LogP contribution in [0.1, 0.15) is 10.6 Å². The van der Waals surface area contributed by atoms with Crippen LogP contribution in [-0.4, -0.2) is 32.2 Å². The van der Waals surface area contributed by atoms with E-state index in [1.807, 2.05) is 12.1 Å². The molecule has 4 heterocycles. The number of carbonyl (C=O) groups is 1. The van der Waals surface area contributed by atoms with Crippen LogP contribution in [0.2, 0.25) is 5.15 Å². The van der Waals surface area contributed by atoms with Crippen molar-refractivity contribution in [1.82, 2.24) is 15.2 Å². The predicted molar refractivity (Wildman–Crippen MR) is 108 cm³/mol. The molecule has 0 aliphatic carbocycles. The van der Waals surface area contributed by atoms with Crippen molar-refractivity contribution in [1.29, 1.82) is 0 Å². The molecule has 30 heavy (non-hydrogen) atoms. The molecule has 1 unspecified atom stereocenters. The van der Waals surface area contributed by atoms with Crippen molar-refractivity contribution in [2.75, 3.05) is 5.32 Å². The molecule has 1 aliphatic heterocycles. The number of phenolic OH excluding ortho intramolecular Hbond substituents is 1. The Labute approximate surface area is 175 Å². The average molecular weight is 421 g/mol. The van der Waals surface area contributed by atoms with E-state index in [-0.39, 0.29) is 16.8 Å². The van der Waals surface area contributed by atoms with Crippen molar-refractivity contribution in [3.8, 4) is 28.3 Å². The van der Waals surface area contributed by atoms with Gasteiger partial charge in [0.2, 0.25) is 6.04 Å². The first-order valence-electron chi connectivity index (χ1n) is 9.16. The minimum atomic E-state index is -0.513. The van der Waals surface area contributed by atoms with Crippen LogP contribution in [-0.2, 0) is 6.42 Å². The smallest absolute Gasteiger partial charge is 0.359 e. The number of carbonyl (C=O) groups excluding carboxylic acids is 1. The number of phenols is 1. The van der Waals surface area contributed by atoms with Gasteiger partial charge in [-0.25, -0.2) is 9.78 Å². The minimum Gasteiger partial charge on any atom is -0.508 e. The third-order valence-corrected chi connectivity index (χ3v) is 5.01. The topological polar surface area (TPSA) is 105 Å². The standard InChI is InChI=1S/C21H14ClN5O3/c22-18-8-13(10-23-26-18)19-20-25-16(9-15-5-2-6-30-15)21(29)27(20)11-17(24-19)12-3-1-4-14(28)7-12/h1-8,10-11,16,28H,9H2/p+1. The highest BCUT2D eigenvalue weighted by molar-refractivity contribution is 6.29. The summed E-state index contributed by atoms with van der Waals surface area (Å²) < 4.78 is 6.93. The van der Waals surface area contributed by atoms with E-state index in [9.17, 15) is 9.90 Å². The molecule has 0 spiro atoms. The highest BCUT2D eigenvalue weighted by Crippen LogP contribution is 2.31. The van der Waals surface area contributed by atoms with Crippen LogP contribution in [0, 0.1) is 0 Å². The number of aromatic hydroxyl groups is 1. The fourth-order valence-electron chi connectivity index (χ4n) is 3.45. The number of furan rings is 1. The number of anilines is 1. The molecule has 4 aromatic rings. The number of fused-ring (bicyclic) bond motifs is 1. The van der Waals surface area contributed by atoms with Crippen LogP contribution in [0.5, 0.6) is 5.75 Å². The van der Waals surface area contributed by atoms with Crippen molar-refractivity contribution >= 4 is 23.3 Å². The monoisotopic (exact) mass is 420 g/mol. The zero-order valence-electron chi connectivity index (χ0n) is 15.5. The lowest BCUT2D eigenvalue weighted by atomic mass is 10.1. The summed E-state index contributed by atoms with van der Waals surface area (Å²) >= 11 is 6.03. The molecule has 0 fully saturated rings. The molecule has 148 valence electrons. The van der Waals surface area contributed by atoms with Gasteiger partial charge in [-0.05, 0) is 30.3 Å². The number of nitrogens with zero attached hydrogens (tertiary/aromatic N) is 4. The van der Waals surface area contributed by atoms with Crippen molar-refractivity contribution in [2.24, 2.45) is 0 Å². The first-order valence-corrected chi connectivity index (χ1v) is 9.54. The molecular formula is C21H15ClN5O3+. The highest BCUT2D eigenvalue weighted by Gasteiger charge is 2.42. The van der Waals surface area contributed by atoms with Crippen LogP contribution >= 0.6 is 11.6 Å². The maximum atomic E-state index is 13.2. The molecule has 0 bridgehead atoms. The SMILES string of the molecule is O=C1C(Cc2ccco2)Nc2c(-c3cnnc(Cl)c3)nc(-c3cccc(O)c3)c[n+]21. The van der Waals surface area contributed by atoms with Crippen LogP contribution in [0.15, 0.2) is 65.5 Å². The summed E-state index contributed by atoms with van der Waals surface area (Å²) in [5, 5.41) is 21.0. The Bertz CT molecular complexity index is 1260. The third kappa shape index (κ3) is 3.27. The van der Waals surface area contributed by atoms with Crippen LogP contribution in [0.25, 0.3) is 22.5 Å². The summed E-state index contributed by atoms with van der Waals surface area (Å²) in [7, 11) is 0. The molecule has 1 aromatic carbocycles. The van der Waals surface area contributed by atoms with E-state index in [0.29, 0.717) is 40.5 Å². The Morgan fingerprint density at radius 1 is 1.20 bits per heavy atom. The third-order valence-electron chi connectivity index (χ3n) is 4.82. The van der Waals surface area contributed by atoms with Gasteiger partial charge in [0, 0.05) is 11.1 Å². The van der Waals surface area contributed by atoms with Gasteiger partial charge in [-0.15, -0.1) is 5.10 Å². The van der Waals surface area contributed by atoms with Gasteiger partial charge in [-0.3, -0.25) is 5.32 Å². The maximum Gasteiger partial charge on any atom is 0.359 e. The van der Waals surface area contributed by atoms with Crippen molar-refractivity contribution in [2.45, 2.75) is 12.5 Å². The zero-order chi connectivity index (χ0) is 20.7. The largest absolute Gasteiger partial charge is 0.508 e. The summed E-state index contributed by atoms with van der Waals surface area (Å²) in [4.78, 5) is 17.9. The first kappa shape index (κ1) is 18.3. The summed E-state index contributed by atoms with van der Waals surface area (Å²) in [6.07, 6.45) is 5.16. The van der Waals surface area contributed by atoms with E-state index in [4.69, 9.17) is 21.0 Å². The van der Waals surface area contributed by atoms with E-state index in [0.717, 1.165) is 0 Å². The number of nitrogens with one attached hydrogen (secondary N) is 1. The molecule has 5 rings (SSSR count). The van der Waals surface area contributed by atoms with Gasteiger partial charge in [0.15, 0.2) is 10.8 Å². The second-order valence-electron chi connectivity index (χ2n) is 6.83. The fourth-order valence-corrected chi connectivity index (χ4v) is 3.61. The Morgan fingerprint density at radius 3 is 2.87 bits per heavy atom. The van der Waals surface area contributed by atoms with Crippen LogP contribution < -0.4 is 9.88 Å². The zero-order valence-corrected chi connectivity index (χ0v) is 16.2. The van der Waals surface area contributed by atoms with Gasteiger partial charge in [0.05, 0.1) is 18.9 Å². The second kappa shape index (κ2) is 7.23. The lowest BCUT2D eigenvalue weighted by Gasteiger charge is -2.07. The Hall–Kier alpha value is -3.78. The molecule has 3 aromatic heterocycles. The van der Waals surface area contributed by atoms with Gasteiger partial charge in [0.25, 0.3) is 0 Å². The van der Waals surface area contributed by atoms with Gasteiger partial charge >= 0.3 is 11.7 Å². The number of hydrogen-bond donors (Lipinski definition) is 2. The van der Waals surface area contributed by atoms with Gasteiger partial charge in [-0.1, -0.05) is 23.7 Å². The van der Waals surface area contributed by atoms with E-state index >= 15 is 0 Å². The predicted octanol–water partition coefficient (Wildman–Crippen LogP) is 3.12. The summed E-state index contributed by atoms with van der Waals surface area (Å²) in [5.74, 6) is 1.20. The summed E-state index contributed by atoms with van der Waals surface area (Å²) in [5.41, 5.74) is 2.30. The lowest BCUT2D eigenvalue weighted by Crippen LogP contribution is -2.43. The molecule has 0 saturated heterocycles. The number of rotatable bonds is 4. The van der Waals surface area contributed by atoms with Crippen molar-refractivity contribution in [3.05, 3.63) is 72.0 Å².